The highest BCUT2D eigenvalue weighted by atomic mass is 16.5. The van der Waals surface area contributed by atoms with E-state index in [9.17, 15) is 4.79 Å². The van der Waals surface area contributed by atoms with Crippen LogP contribution in [-0.4, -0.2) is 61.2 Å². The molecule has 4 rings (SSSR count). The van der Waals surface area contributed by atoms with E-state index in [1.54, 1.807) is 20.3 Å². The van der Waals surface area contributed by atoms with Crippen molar-refractivity contribution in [1.82, 2.24) is 14.9 Å². The van der Waals surface area contributed by atoms with E-state index in [0.717, 1.165) is 54.6 Å². The van der Waals surface area contributed by atoms with Crippen molar-refractivity contribution in [1.29, 1.82) is 0 Å². The Hall–Kier alpha value is -3.61. The first-order chi connectivity index (χ1) is 16.5. The molecule has 1 saturated heterocycles. The summed E-state index contributed by atoms with van der Waals surface area (Å²) in [6, 6.07) is 15.5. The molecule has 0 saturated carbocycles. The van der Waals surface area contributed by atoms with E-state index >= 15 is 0 Å². The third kappa shape index (κ3) is 5.30. The van der Waals surface area contributed by atoms with Gasteiger partial charge < -0.3 is 19.3 Å². The number of aryl methyl sites for hydroxylation is 2. The summed E-state index contributed by atoms with van der Waals surface area (Å²) in [5.41, 5.74) is 3.96. The summed E-state index contributed by atoms with van der Waals surface area (Å²) >= 11 is 0. The fourth-order valence-corrected chi connectivity index (χ4v) is 4.40. The summed E-state index contributed by atoms with van der Waals surface area (Å²) in [4.78, 5) is 26.9. The van der Waals surface area contributed by atoms with Crippen LogP contribution in [0.5, 0.6) is 11.5 Å². The highest BCUT2D eigenvalue weighted by molar-refractivity contribution is 5.94. The van der Waals surface area contributed by atoms with Crippen molar-refractivity contribution in [2.24, 2.45) is 0 Å². The highest BCUT2D eigenvalue weighted by Gasteiger charge is 2.24. The molecule has 2 heterocycles. The third-order valence-corrected chi connectivity index (χ3v) is 6.24. The van der Waals surface area contributed by atoms with Gasteiger partial charge in [0.2, 0.25) is 0 Å². The van der Waals surface area contributed by atoms with Crippen LogP contribution < -0.4 is 14.4 Å². The minimum Gasteiger partial charge on any atom is -0.497 e. The lowest BCUT2D eigenvalue weighted by molar-refractivity contribution is 0.0766. The first-order valence-corrected chi connectivity index (χ1v) is 11.6. The molecule has 178 valence electrons. The molecule has 0 N–H and O–H groups in total. The number of benzene rings is 2. The molecule has 1 amide bonds. The van der Waals surface area contributed by atoms with Crippen molar-refractivity contribution in [2.45, 2.75) is 26.7 Å². The van der Waals surface area contributed by atoms with E-state index in [1.807, 2.05) is 49.1 Å². The van der Waals surface area contributed by atoms with Gasteiger partial charge in [-0.25, -0.2) is 9.97 Å². The molecular formula is C27H32N4O3. The largest absolute Gasteiger partial charge is 0.497 e. The second-order valence-electron chi connectivity index (χ2n) is 8.55. The van der Waals surface area contributed by atoms with Gasteiger partial charge in [-0.05, 0) is 56.2 Å². The van der Waals surface area contributed by atoms with Crippen LogP contribution in [0.15, 0.2) is 48.5 Å². The van der Waals surface area contributed by atoms with Crippen molar-refractivity contribution in [2.75, 3.05) is 45.3 Å². The summed E-state index contributed by atoms with van der Waals surface area (Å²) in [6.45, 7) is 6.90. The second kappa shape index (κ2) is 10.5. The van der Waals surface area contributed by atoms with Gasteiger partial charge in [-0.1, -0.05) is 18.2 Å². The van der Waals surface area contributed by atoms with Crippen LogP contribution >= 0.6 is 0 Å². The Balaban J connectivity index is 1.54. The predicted octanol–water partition coefficient (Wildman–Crippen LogP) is 4.05. The maximum Gasteiger partial charge on any atom is 0.254 e. The van der Waals surface area contributed by atoms with Crippen LogP contribution in [0.25, 0.3) is 0 Å². The molecule has 1 fully saturated rings. The van der Waals surface area contributed by atoms with Crippen molar-refractivity contribution < 1.29 is 14.3 Å². The predicted molar refractivity (Wildman–Crippen MR) is 133 cm³/mol. The Bertz CT molecular complexity index is 1150. The molecule has 1 aliphatic rings. The van der Waals surface area contributed by atoms with Gasteiger partial charge >= 0.3 is 0 Å². The number of aromatic nitrogens is 2. The van der Waals surface area contributed by atoms with Crippen LogP contribution in [-0.2, 0) is 6.42 Å². The molecule has 0 spiro atoms. The van der Waals surface area contributed by atoms with Gasteiger partial charge in [-0.2, -0.15) is 0 Å². The monoisotopic (exact) mass is 460 g/mol. The highest BCUT2D eigenvalue weighted by Crippen LogP contribution is 2.26. The number of anilines is 1. The van der Waals surface area contributed by atoms with Crippen LogP contribution in [0.1, 0.15) is 39.4 Å². The molecule has 0 atom stereocenters. The Kier molecular flexibility index (Phi) is 7.30. The van der Waals surface area contributed by atoms with Crippen molar-refractivity contribution in [3.8, 4) is 11.5 Å². The summed E-state index contributed by atoms with van der Waals surface area (Å²) in [7, 11) is 3.29. The van der Waals surface area contributed by atoms with E-state index in [4.69, 9.17) is 14.5 Å². The Morgan fingerprint density at radius 1 is 0.912 bits per heavy atom. The molecule has 7 nitrogen and oxygen atoms in total. The minimum absolute atomic E-state index is 0.0363. The van der Waals surface area contributed by atoms with Crippen molar-refractivity contribution in [3.63, 3.8) is 0 Å². The van der Waals surface area contributed by atoms with Crippen LogP contribution in [0.3, 0.4) is 0 Å². The molecule has 1 aliphatic heterocycles. The standard InChI is InChI=1S/C27H32N4O3/c1-19-25(17-21-9-11-23(33-3)12-10-21)26(29-20(2)28-19)30-13-6-14-31(16-15-30)27(32)22-7-5-8-24(18-22)34-4/h5,7-12,18H,6,13-17H2,1-4H3. The number of hydrogen-bond acceptors (Lipinski definition) is 6. The van der Waals surface area contributed by atoms with Crippen LogP contribution in [0.2, 0.25) is 0 Å². The summed E-state index contributed by atoms with van der Waals surface area (Å²) in [5.74, 6) is 3.30. The van der Waals surface area contributed by atoms with E-state index in [1.165, 1.54) is 5.56 Å². The number of carbonyl (C=O) groups is 1. The molecule has 2 aromatic carbocycles. The normalized spacial score (nSPS) is 14.0. The summed E-state index contributed by atoms with van der Waals surface area (Å²) in [5, 5.41) is 0. The average molecular weight is 461 g/mol. The minimum atomic E-state index is 0.0363. The van der Waals surface area contributed by atoms with Gasteiger partial charge in [0.25, 0.3) is 5.91 Å². The molecular weight excluding hydrogens is 428 g/mol. The van der Waals surface area contributed by atoms with E-state index < -0.39 is 0 Å². The number of carbonyl (C=O) groups excluding carboxylic acids is 1. The fraction of sp³-hybridized carbons (Fsp3) is 0.370. The summed E-state index contributed by atoms with van der Waals surface area (Å²) in [6.07, 6.45) is 1.62. The molecule has 0 unspecified atom stereocenters. The van der Waals surface area contributed by atoms with Crippen molar-refractivity contribution >= 4 is 11.7 Å². The molecule has 1 aromatic heterocycles. The lowest BCUT2D eigenvalue weighted by Gasteiger charge is -2.26. The number of rotatable bonds is 6. The van der Waals surface area contributed by atoms with E-state index in [2.05, 4.69) is 22.0 Å². The Morgan fingerprint density at radius 2 is 1.68 bits per heavy atom. The molecule has 0 aliphatic carbocycles. The smallest absolute Gasteiger partial charge is 0.254 e. The SMILES string of the molecule is COc1ccc(Cc2c(C)nc(C)nc2N2CCCN(C(=O)c3cccc(OC)c3)CC2)cc1. The molecule has 0 bridgehead atoms. The van der Waals surface area contributed by atoms with Gasteiger partial charge in [0.05, 0.1) is 14.2 Å². The quantitative estimate of drug-likeness (QED) is 0.553. The molecule has 34 heavy (non-hydrogen) atoms. The topological polar surface area (TPSA) is 67.8 Å². The van der Waals surface area contributed by atoms with Crippen LogP contribution in [0, 0.1) is 13.8 Å². The zero-order valence-corrected chi connectivity index (χ0v) is 20.4. The third-order valence-electron chi connectivity index (χ3n) is 6.24. The summed E-state index contributed by atoms with van der Waals surface area (Å²) < 4.78 is 10.6. The first kappa shape index (κ1) is 23.5. The van der Waals surface area contributed by atoms with Gasteiger partial charge in [0.15, 0.2) is 0 Å². The second-order valence-corrected chi connectivity index (χ2v) is 8.55. The average Bonchev–Trinajstić information content (AvgIpc) is 3.12. The van der Waals surface area contributed by atoms with Gasteiger partial charge in [-0.3, -0.25) is 4.79 Å². The Morgan fingerprint density at radius 3 is 2.41 bits per heavy atom. The fourth-order valence-electron chi connectivity index (χ4n) is 4.40. The lowest BCUT2D eigenvalue weighted by Crippen LogP contribution is -2.35. The zero-order chi connectivity index (χ0) is 24.1. The maximum atomic E-state index is 13.1. The molecule has 7 heteroatoms. The van der Waals surface area contributed by atoms with Gasteiger partial charge in [0.1, 0.15) is 23.1 Å². The number of amides is 1. The number of hydrogen-bond donors (Lipinski definition) is 0. The maximum absolute atomic E-state index is 13.1. The van der Waals surface area contributed by atoms with E-state index in [-0.39, 0.29) is 5.91 Å². The van der Waals surface area contributed by atoms with Gasteiger partial charge in [-0.15, -0.1) is 0 Å². The van der Waals surface area contributed by atoms with E-state index in [0.29, 0.717) is 24.4 Å². The molecule has 3 aromatic rings. The number of ether oxygens (including phenoxy) is 2. The van der Waals surface area contributed by atoms with Crippen molar-refractivity contribution in [3.05, 3.63) is 76.7 Å². The molecule has 0 radical (unpaired) electrons. The number of nitrogens with zero attached hydrogens (tertiary/aromatic N) is 4. The first-order valence-electron chi connectivity index (χ1n) is 11.6. The van der Waals surface area contributed by atoms with Crippen LogP contribution in [0.4, 0.5) is 5.82 Å². The van der Waals surface area contributed by atoms with Gasteiger partial charge in [0, 0.05) is 49.4 Å². The zero-order valence-electron chi connectivity index (χ0n) is 20.4. The number of methoxy groups -OCH3 is 2. The Labute approximate surface area is 201 Å². The lowest BCUT2D eigenvalue weighted by atomic mass is 10.0.